The number of nitrogens with one attached hydrogen (secondary N) is 2. The molecule has 0 spiro atoms. The van der Waals surface area contributed by atoms with Crippen molar-refractivity contribution < 1.29 is 24.2 Å². The van der Waals surface area contributed by atoms with Gasteiger partial charge in [-0.25, -0.2) is 4.79 Å². The number of amides is 3. The molecule has 0 aromatic heterocycles. The van der Waals surface area contributed by atoms with Gasteiger partial charge < -0.3 is 25.4 Å². The van der Waals surface area contributed by atoms with Crippen molar-refractivity contribution in [1.29, 1.82) is 0 Å². The first-order valence-corrected chi connectivity index (χ1v) is 12.4. The van der Waals surface area contributed by atoms with Gasteiger partial charge in [-0.15, -0.1) is 0 Å². The van der Waals surface area contributed by atoms with Gasteiger partial charge >= 0.3 is 6.09 Å². The van der Waals surface area contributed by atoms with Gasteiger partial charge in [0.1, 0.15) is 23.4 Å². The number of carbonyl (C=O) groups excluding carboxylic acids is 3. The van der Waals surface area contributed by atoms with E-state index in [-0.39, 0.29) is 11.5 Å². The van der Waals surface area contributed by atoms with Crippen LogP contribution in [-0.2, 0) is 14.3 Å². The van der Waals surface area contributed by atoms with Gasteiger partial charge in [0.2, 0.25) is 5.91 Å². The maximum atomic E-state index is 13.9. The number of phenolic OH excluding ortho intramolecular Hbond substituents is 1. The van der Waals surface area contributed by atoms with Crippen molar-refractivity contribution >= 4 is 36.2 Å². The van der Waals surface area contributed by atoms with Crippen LogP contribution in [0.3, 0.4) is 0 Å². The topological polar surface area (TPSA) is 108 Å². The van der Waals surface area contributed by atoms with E-state index in [1.54, 1.807) is 39.0 Å². The average Bonchev–Trinajstić information content (AvgIpc) is 2.75. The maximum Gasteiger partial charge on any atom is 0.408 e. The number of rotatable bonds is 7. The number of aryl methyl sites for hydroxylation is 1. The fourth-order valence-corrected chi connectivity index (χ4v) is 3.88. The minimum atomic E-state index is -1.07. The molecule has 2 atom stereocenters. The van der Waals surface area contributed by atoms with Gasteiger partial charge in [-0.2, -0.15) is 12.6 Å². The molecule has 2 aromatic rings. The van der Waals surface area contributed by atoms with E-state index >= 15 is 0 Å². The number of hydrogen-bond acceptors (Lipinski definition) is 6. The molecule has 36 heavy (non-hydrogen) atoms. The molecular weight excluding hydrogens is 478 g/mol. The minimum absolute atomic E-state index is 0.00757. The van der Waals surface area contributed by atoms with E-state index in [9.17, 15) is 19.5 Å². The standard InChI is InChI=1S/C27H37N3O5S/c1-17-10-8-9-11-20(17)28-23(32)22(18-12-14-19(31)15-13-18)30(26(2,3)4)24(33)21(16-36)29-25(34)35-27(5,6)7/h8-15,21-22,31,36H,16H2,1-7H3,(H,28,32)(H,29,34). The smallest absolute Gasteiger partial charge is 0.408 e. The lowest BCUT2D eigenvalue weighted by molar-refractivity contribution is -0.146. The Morgan fingerprint density at radius 3 is 2.08 bits per heavy atom. The first-order valence-electron chi connectivity index (χ1n) is 11.7. The highest BCUT2D eigenvalue weighted by Gasteiger charge is 2.41. The third-order valence-electron chi connectivity index (χ3n) is 5.25. The van der Waals surface area contributed by atoms with Gasteiger partial charge in [0.25, 0.3) is 5.91 Å². The van der Waals surface area contributed by atoms with E-state index in [0.29, 0.717) is 11.3 Å². The van der Waals surface area contributed by atoms with E-state index in [0.717, 1.165) is 5.56 Å². The van der Waals surface area contributed by atoms with Gasteiger partial charge in [0, 0.05) is 17.0 Å². The zero-order valence-electron chi connectivity index (χ0n) is 22.0. The third kappa shape index (κ3) is 7.91. The number of anilines is 1. The Kier molecular flexibility index (Phi) is 9.43. The summed E-state index contributed by atoms with van der Waals surface area (Å²) in [7, 11) is 0. The van der Waals surface area contributed by atoms with E-state index in [1.807, 2.05) is 45.9 Å². The normalized spacial score (nSPS) is 13.3. The molecule has 2 aromatic carbocycles. The molecule has 0 aliphatic heterocycles. The molecule has 0 saturated heterocycles. The van der Waals surface area contributed by atoms with Crippen molar-refractivity contribution in [2.24, 2.45) is 0 Å². The van der Waals surface area contributed by atoms with Gasteiger partial charge in [-0.1, -0.05) is 30.3 Å². The Hall–Kier alpha value is -3.20. The summed E-state index contributed by atoms with van der Waals surface area (Å²) in [6, 6.07) is 11.3. The summed E-state index contributed by atoms with van der Waals surface area (Å²) in [5.74, 6) is -0.910. The molecule has 0 radical (unpaired) electrons. The molecule has 2 unspecified atom stereocenters. The number of thiol groups is 1. The van der Waals surface area contributed by atoms with Gasteiger partial charge in [-0.05, 0) is 77.8 Å². The highest BCUT2D eigenvalue weighted by atomic mass is 32.1. The maximum absolute atomic E-state index is 13.9. The monoisotopic (exact) mass is 515 g/mol. The van der Waals surface area contributed by atoms with E-state index in [1.165, 1.54) is 17.0 Å². The Bertz CT molecular complexity index is 1070. The summed E-state index contributed by atoms with van der Waals surface area (Å²) in [5, 5.41) is 15.3. The van der Waals surface area contributed by atoms with E-state index < -0.39 is 41.1 Å². The first kappa shape index (κ1) is 29.0. The SMILES string of the molecule is Cc1ccccc1NC(=O)C(c1ccc(O)cc1)N(C(=O)C(CS)NC(=O)OC(C)(C)C)C(C)(C)C. The quantitative estimate of drug-likeness (QED) is 0.395. The zero-order chi connectivity index (χ0) is 27.3. The lowest BCUT2D eigenvalue weighted by Crippen LogP contribution is -2.58. The summed E-state index contributed by atoms with van der Waals surface area (Å²) < 4.78 is 5.32. The van der Waals surface area contributed by atoms with Crippen LogP contribution < -0.4 is 10.6 Å². The Morgan fingerprint density at radius 1 is 1.00 bits per heavy atom. The van der Waals surface area contributed by atoms with Crippen LogP contribution in [0, 0.1) is 6.92 Å². The second-order valence-electron chi connectivity index (χ2n) is 10.6. The van der Waals surface area contributed by atoms with Crippen LogP contribution in [0.4, 0.5) is 10.5 Å². The van der Waals surface area contributed by atoms with Gasteiger partial charge in [-0.3, -0.25) is 9.59 Å². The summed E-state index contributed by atoms with van der Waals surface area (Å²) in [6.45, 7) is 12.5. The molecular formula is C27H37N3O5S. The largest absolute Gasteiger partial charge is 0.508 e. The molecule has 0 bridgehead atoms. The van der Waals surface area contributed by atoms with Crippen molar-refractivity contribution in [2.75, 3.05) is 11.1 Å². The lowest BCUT2D eigenvalue weighted by atomic mass is 9.95. The number of carbonyl (C=O) groups is 3. The molecule has 3 amide bonds. The molecule has 0 heterocycles. The van der Waals surface area contributed by atoms with Crippen molar-refractivity contribution in [3.05, 3.63) is 59.7 Å². The highest BCUT2D eigenvalue weighted by molar-refractivity contribution is 7.80. The Balaban J connectivity index is 2.52. The zero-order valence-corrected chi connectivity index (χ0v) is 22.8. The molecule has 2 rings (SSSR count). The highest BCUT2D eigenvalue weighted by Crippen LogP contribution is 2.32. The average molecular weight is 516 g/mol. The fraction of sp³-hybridized carbons (Fsp3) is 0.444. The molecule has 8 nitrogen and oxygen atoms in total. The second kappa shape index (κ2) is 11.7. The summed E-state index contributed by atoms with van der Waals surface area (Å²) in [4.78, 5) is 41.6. The predicted octanol–water partition coefficient (Wildman–Crippen LogP) is 4.83. The number of phenols is 1. The number of hydrogen-bond donors (Lipinski definition) is 4. The molecule has 0 fully saturated rings. The third-order valence-corrected chi connectivity index (χ3v) is 5.62. The van der Waals surface area contributed by atoms with Crippen LogP contribution in [0.5, 0.6) is 5.75 Å². The molecule has 0 aliphatic rings. The summed E-state index contributed by atoms with van der Waals surface area (Å²) in [6.07, 6.45) is -0.755. The van der Waals surface area contributed by atoms with Gasteiger partial charge in [0.15, 0.2) is 0 Å². The van der Waals surface area contributed by atoms with Crippen molar-refractivity contribution in [3.63, 3.8) is 0 Å². The van der Waals surface area contributed by atoms with Gasteiger partial charge in [0.05, 0.1) is 0 Å². The van der Waals surface area contributed by atoms with Crippen LogP contribution in [0.25, 0.3) is 0 Å². The first-order chi connectivity index (χ1) is 16.6. The number of nitrogens with zero attached hydrogens (tertiary/aromatic N) is 1. The minimum Gasteiger partial charge on any atom is -0.508 e. The number of ether oxygens (including phenoxy) is 1. The van der Waals surface area contributed by atoms with Crippen LogP contribution >= 0.6 is 12.6 Å². The molecule has 9 heteroatoms. The van der Waals surface area contributed by atoms with Crippen molar-refractivity contribution in [2.45, 2.75) is 71.7 Å². The fourth-order valence-electron chi connectivity index (χ4n) is 3.64. The van der Waals surface area contributed by atoms with Crippen molar-refractivity contribution in [1.82, 2.24) is 10.2 Å². The van der Waals surface area contributed by atoms with E-state index in [4.69, 9.17) is 4.74 Å². The molecule has 3 N–H and O–H groups in total. The van der Waals surface area contributed by atoms with Crippen LogP contribution in [0.15, 0.2) is 48.5 Å². The molecule has 0 saturated carbocycles. The predicted molar refractivity (Wildman–Crippen MR) is 144 cm³/mol. The summed E-state index contributed by atoms with van der Waals surface area (Å²) >= 11 is 4.29. The lowest BCUT2D eigenvalue weighted by Gasteiger charge is -2.43. The molecule has 0 aliphatic carbocycles. The van der Waals surface area contributed by atoms with Crippen LogP contribution in [0.2, 0.25) is 0 Å². The van der Waals surface area contributed by atoms with Crippen LogP contribution in [0.1, 0.15) is 58.7 Å². The van der Waals surface area contributed by atoms with Crippen molar-refractivity contribution in [3.8, 4) is 5.75 Å². The number of aromatic hydroxyl groups is 1. The Morgan fingerprint density at radius 2 is 1.58 bits per heavy atom. The number of benzene rings is 2. The summed E-state index contributed by atoms with van der Waals surface area (Å²) in [5.41, 5.74) is 0.394. The molecule has 196 valence electrons. The number of alkyl carbamates (subject to hydrolysis) is 1. The van der Waals surface area contributed by atoms with Crippen LogP contribution in [-0.4, -0.2) is 50.8 Å². The Labute approximate surface area is 218 Å². The second-order valence-corrected chi connectivity index (χ2v) is 10.9. The number of para-hydroxylation sites is 1. The van der Waals surface area contributed by atoms with E-state index in [2.05, 4.69) is 23.3 Å².